The van der Waals surface area contributed by atoms with E-state index in [2.05, 4.69) is 29.6 Å². The van der Waals surface area contributed by atoms with Gasteiger partial charge >= 0.3 is 0 Å². The van der Waals surface area contributed by atoms with Crippen LogP contribution in [0.2, 0.25) is 0 Å². The van der Waals surface area contributed by atoms with Crippen LogP contribution >= 0.6 is 0 Å². The zero-order chi connectivity index (χ0) is 12.7. The van der Waals surface area contributed by atoms with Gasteiger partial charge < -0.3 is 10.4 Å². The zero-order valence-electron chi connectivity index (χ0n) is 11.0. The molecule has 0 aromatic heterocycles. The Kier molecular flexibility index (Phi) is 5.39. The van der Waals surface area contributed by atoms with Gasteiger partial charge in [-0.05, 0) is 11.0 Å². The summed E-state index contributed by atoms with van der Waals surface area (Å²) in [4.78, 5) is 0. The van der Waals surface area contributed by atoms with Gasteiger partial charge in [0.1, 0.15) is 0 Å². The van der Waals surface area contributed by atoms with Crippen molar-refractivity contribution < 1.29 is 5.11 Å². The smallest absolute Gasteiger partial charge is 0.0712 e. The Morgan fingerprint density at radius 1 is 1.24 bits per heavy atom. The predicted octanol–water partition coefficient (Wildman–Crippen LogP) is 2.70. The van der Waals surface area contributed by atoms with Crippen molar-refractivity contribution >= 4 is 6.08 Å². The predicted molar refractivity (Wildman–Crippen MR) is 73.8 cm³/mol. The van der Waals surface area contributed by atoms with Gasteiger partial charge in [0, 0.05) is 13.1 Å². The van der Waals surface area contributed by atoms with Crippen molar-refractivity contribution in [2.45, 2.75) is 26.9 Å². The monoisotopic (exact) mass is 233 g/mol. The van der Waals surface area contributed by atoms with Crippen LogP contribution in [0.3, 0.4) is 0 Å². The van der Waals surface area contributed by atoms with Crippen LogP contribution in [0, 0.1) is 5.41 Å². The normalized spacial score (nSPS) is 14.1. The summed E-state index contributed by atoms with van der Waals surface area (Å²) in [5.74, 6) is 0. The van der Waals surface area contributed by atoms with E-state index in [0.29, 0.717) is 6.54 Å². The van der Waals surface area contributed by atoms with Gasteiger partial charge in [0.05, 0.1) is 6.10 Å². The molecular formula is C15H23NO. The Balaban J connectivity index is 2.23. The van der Waals surface area contributed by atoms with E-state index in [0.717, 1.165) is 6.54 Å². The topological polar surface area (TPSA) is 32.3 Å². The van der Waals surface area contributed by atoms with E-state index in [1.54, 1.807) is 0 Å². The molecule has 0 amide bonds. The number of hydrogen-bond donors (Lipinski definition) is 2. The molecule has 1 unspecified atom stereocenters. The van der Waals surface area contributed by atoms with Crippen LogP contribution < -0.4 is 5.32 Å². The third kappa shape index (κ3) is 5.66. The summed E-state index contributed by atoms with van der Waals surface area (Å²) in [6.45, 7) is 7.53. The lowest BCUT2D eigenvalue weighted by atomic mass is 9.89. The van der Waals surface area contributed by atoms with E-state index in [-0.39, 0.29) is 11.5 Å². The zero-order valence-corrected chi connectivity index (χ0v) is 11.0. The first kappa shape index (κ1) is 13.9. The highest BCUT2D eigenvalue weighted by molar-refractivity contribution is 5.48. The Hall–Kier alpha value is -1.12. The van der Waals surface area contributed by atoms with Crippen LogP contribution in [-0.4, -0.2) is 24.3 Å². The van der Waals surface area contributed by atoms with E-state index in [1.807, 2.05) is 39.0 Å². The van der Waals surface area contributed by atoms with Crippen molar-refractivity contribution in [3.05, 3.63) is 42.0 Å². The van der Waals surface area contributed by atoms with Gasteiger partial charge in [-0.1, -0.05) is 63.3 Å². The second kappa shape index (κ2) is 6.58. The highest BCUT2D eigenvalue weighted by atomic mass is 16.3. The minimum atomic E-state index is -0.312. The van der Waals surface area contributed by atoms with Gasteiger partial charge in [0.15, 0.2) is 0 Å². The third-order valence-electron chi connectivity index (χ3n) is 2.71. The van der Waals surface area contributed by atoms with Gasteiger partial charge in [-0.15, -0.1) is 0 Å². The number of aliphatic hydroxyl groups is 1. The lowest BCUT2D eigenvalue weighted by molar-refractivity contribution is 0.0639. The van der Waals surface area contributed by atoms with E-state index >= 15 is 0 Å². The largest absolute Gasteiger partial charge is 0.391 e. The molecule has 2 nitrogen and oxygen atoms in total. The summed E-state index contributed by atoms with van der Waals surface area (Å²) in [5, 5.41) is 13.0. The second-order valence-electron chi connectivity index (χ2n) is 5.35. The molecule has 0 fully saturated rings. The fourth-order valence-electron chi connectivity index (χ4n) is 1.37. The Morgan fingerprint density at radius 2 is 1.88 bits per heavy atom. The van der Waals surface area contributed by atoms with Gasteiger partial charge in [-0.2, -0.15) is 0 Å². The Bertz CT molecular complexity index is 338. The van der Waals surface area contributed by atoms with Crippen molar-refractivity contribution in [1.29, 1.82) is 0 Å². The average Bonchev–Trinajstić information content (AvgIpc) is 2.28. The van der Waals surface area contributed by atoms with Crippen molar-refractivity contribution in [2.24, 2.45) is 5.41 Å². The molecule has 94 valence electrons. The number of aliphatic hydroxyl groups excluding tert-OH is 1. The number of hydrogen-bond acceptors (Lipinski definition) is 2. The third-order valence-corrected chi connectivity index (χ3v) is 2.71. The molecule has 0 aliphatic heterocycles. The summed E-state index contributed by atoms with van der Waals surface area (Å²) in [7, 11) is 0. The van der Waals surface area contributed by atoms with Gasteiger partial charge in [0.2, 0.25) is 0 Å². The summed E-state index contributed by atoms with van der Waals surface area (Å²) in [6.07, 6.45) is 3.84. The molecule has 0 heterocycles. The average molecular weight is 233 g/mol. The highest BCUT2D eigenvalue weighted by Gasteiger charge is 2.20. The standard InChI is InChI=1S/C15H23NO/c1-15(2,3)14(17)12-16-11-7-10-13-8-5-4-6-9-13/h4-10,14,16-17H,11-12H2,1-3H3. The first-order chi connectivity index (χ1) is 8.00. The molecule has 0 bridgehead atoms. The number of nitrogens with one attached hydrogen (secondary N) is 1. The van der Waals surface area contributed by atoms with E-state index in [1.165, 1.54) is 5.56 Å². The molecule has 1 atom stereocenters. The first-order valence-corrected chi connectivity index (χ1v) is 6.10. The van der Waals surface area contributed by atoms with Crippen LogP contribution in [-0.2, 0) is 0 Å². The molecule has 0 aliphatic carbocycles. The van der Waals surface area contributed by atoms with E-state index in [9.17, 15) is 5.11 Å². The maximum absolute atomic E-state index is 9.82. The molecule has 1 aromatic rings. The van der Waals surface area contributed by atoms with E-state index in [4.69, 9.17) is 0 Å². The van der Waals surface area contributed by atoms with E-state index < -0.39 is 0 Å². The van der Waals surface area contributed by atoms with Crippen LogP contribution in [0.15, 0.2) is 36.4 Å². The molecule has 0 aliphatic rings. The molecule has 2 heteroatoms. The lowest BCUT2D eigenvalue weighted by Gasteiger charge is -2.25. The van der Waals surface area contributed by atoms with Crippen LogP contribution in [0.25, 0.3) is 6.08 Å². The Labute approximate surface area is 104 Å². The summed E-state index contributed by atoms with van der Waals surface area (Å²) in [6, 6.07) is 10.2. The molecule has 2 N–H and O–H groups in total. The molecular weight excluding hydrogens is 210 g/mol. The first-order valence-electron chi connectivity index (χ1n) is 6.10. The van der Waals surface area contributed by atoms with Crippen molar-refractivity contribution in [3.63, 3.8) is 0 Å². The van der Waals surface area contributed by atoms with Crippen LogP contribution in [0.4, 0.5) is 0 Å². The molecule has 0 radical (unpaired) electrons. The maximum atomic E-state index is 9.82. The molecule has 0 spiro atoms. The van der Waals surface area contributed by atoms with Crippen molar-refractivity contribution in [1.82, 2.24) is 5.32 Å². The fraction of sp³-hybridized carbons (Fsp3) is 0.467. The molecule has 0 saturated carbocycles. The van der Waals surface area contributed by atoms with Crippen molar-refractivity contribution in [3.8, 4) is 0 Å². The number of benzene rings is 1. The maximum Gasteiger partial charge on any atom is 0.0712 e. The molecule has 1 rings (SSSR count). The number of rotatable bonds is 5. The highest BCUT2D eigenvalue weighted by Crippen LogP contribution is 2.17. The summed E-state index contributed by atoms with van der Waals surface area (Å²) < 4.78 is 0. The van der Waals surface area contributed by atoms with Gasteiger partial charge in [-0.3, -0.25) is 0 Å². The minimum Gasteiger partial charge on any atom is -0.391 e. The van der Waals surface area contributed by atoms with Crippen LogP contribution in [0.5, 0.6) is 0 Å². The van der Waals surface area contributed by atoms with Crippen LogP contribution in [0.1, 0.15) is 26.3 Å². The molecule has 17 heavy (non-hydrogen) atoms. The quantitative estimate of drug-likeness (QED) is 0.766. The Morgan fingerprint density at radius 3 is 2.47 bits per heavy atom. The minimum absolute atomic E-state index is 0.0594. The lowest BCUT2D eigenvalue weighted by Crippen LogP contribution is -2.36. The summed E-state index contributed by atoms with van der Waals surface area (Å²) in [5.41, 5.74) is 1.14. The molecule has 0 saturated heterocycles. The second-order valence-corrected chi connectivity index (χ2v) is 5.35. The SMILES string of the molecule is CC(C)(C)C(O)CNCC=Cc1ccccc1. The fourth-order valence-corrected chi connectivity index (χ4v) is 1.37. The van der Waals surface area contributed by atoms with Gasteiger partial charge in [0.25, 0.3) is 0 Å². The van der Waals surface area contributed by atoms with Gasteiger partial charge in [-0.25, -0.2) is 0 Å². The van der Waals surface area contributed by atoms with Crippen molar-refractivity contribution in [2.75, 3.05) is 13.1 Å². The summed E-state index contributed by atoms with van der Waals surface area (Å²) >= 11 is 0. The molecule has 1 aromatic carbocycles.